The molecule has 17 heavy (non-hydrogen) atoms. The van der Waals surface area contributed by atoms with Gasteiger partial charge in [-0.25, -0.2) is 0 Å². The Bertz CT molecular complexity index is 402. The summed E-state index contributed by atoms with van der Waals surface area (Å²) in [6.45, 7) is 3.29. The van der Waals surface area contributed by atoms with E-state index < -0.39 is 0 Å². The first-order chi connectivity index (χ1) is 8.16. The van der Waals surface area contributed by atoms with Gasteiger partial charge in [0.05, 0.1) is 20.6 Å². The molecule has 0 radical (unpaired) electrons. The van der Waals surface area contributed by atoms with Crippen LogP contribution in [0.5, 0.6) is 0 Å². The highest BCUT2D eigenvalue weighted by molar-refractivity contribution is 5.20. The first kappa shape index (κ1) is 11.7. The van der Waals surface area contributed by atoms with Crippen molar-refractivity contribution >= 4 is 0 Å². The predicted octanol–water partition coefficient (Wildman–Crippen LogP) is 3.47. The van der Waals surface area contributed by atoms with Crippen molar-refractivity contribution < 1.29 is 4.48 Å². The van der Waals surface area contributed by atoms with Crippen LogP contribution in [-0.2, 0) is 6.54 Å². The molecule has 2 rings (SSSR count). The molecule has 0 aliphatic carbocycles. The van der Waals surface area contributed by atoms with Gasteiger partial charge in [-0.05, 0) is 6.54 Å². The first-order valence-corrected chi connectivity index (χ1v) is 5.93. The molecule has 0 saturated carbocycles. The summed E-state index contributed by atoms with van der Waals surface area (Å²) in [7, 11) is 4.44. The Morgan fingerprint density at radius 1 is 0.824 bits per heavy atom. The van der Waals surface area contributed by atoms with E-state index in [2.05, 4.69) is 81.3 Å². The molecule has 88 valence electrons. The topological polar surface area (TPSA) is 0 Å². The number of quaternary nitrogens is 1. The summed E-state index contributed by atoms with van der Waals surface area (Å²) in [5.41, 5.74) is 2.64. The Morgan fingerprint density at radius 2 is 1.35 bits per heavy atom. The summed E-state index contributed by atoms with van der Waals surface area (Å²) < 4.78 is 0.855. The minimum absolute atomic E-state index is 0.855. The van der Waals surface area contributed by atoms with E-state index in [-0.39, 0.29) is 0 Å². The van der Waals surface area contributed by atoms with Crippen LogP contribution in [-0.4, -0.2) is 18.6 Å². The third-order valence-electron chi connectivity index (χ3n) is 2.73. The minimum Gasteiger partial charge on any atom is -0.347 e. The maximum absolute atomic E-state index is 2.28. The Labute approximate surface area is 104 Å². The second-order valence-electron chi connectivity index (χ2n) is 4.96. The van der Waals surface area contributed by atoms with Gasteiger partial charge < -0.3 is 4.48 Å². The van der Waals surface area contributed by atoms with Gasteiger partial charge in [-0.15, -0.1) is 17.7 Å². The molecular weight excluding hydrogens is 207 g/mol. The molecule has 0 saturated heterocycles. The molecule has 0 amide bonds. The van der Waals surface area contributed by atoms with E-state index in [1.165, 1.54) is 11.1 Å². The molecule has 0 heterocycles. The summed E-state index contributed by atoms with van der Waals surface area (Å²) in [5, 5.41) is 0. The summed E-state index contributed by atoms with van der Waals surface area (Å²) >= 11 is 0. The molecule has 0 aliphatic rings. The number of benzene rings is 2. The lowest BCUT2D eigenvalue weighted by Gasteiger charge is -2.34. The second-order valence-corrected chi connectivity index (χ2v) is 4.96. The van der Waals surface area contributed by atoms with Crippen LogP contribution in [0.4, 0.5) is 0 Å². The molecule has 0 N–H and O–H groups in total. The molecule has 0 bridgehead atoms. The average Bonchev–Trinajstić information content (AvgIpc) is 2.30. The van der Waals surface area contributed by atoms with Crippen molar-refractivity contribution in [2.24, 2.45) is 0 Å². The van der Waals surface area contributed by atoms with Crippen LogP contribution in [0.25, 0.3) is 0 Å². The van der Waals surface area contributed by atoms with Crippen molar-refractivity contribution in [2.45, 2.75) is 6.54 Å². The van der Waals surface area contributed by atoms with Crippen molar-refractivity contribution in [3.63, 3.8) is 0 Å². The third-order valence-corrected chi connectivity index (χ3v) is 2.73. The van der Waals surface area contributed by atoms with E-state index in [0.717, 1.165) is 11.0 Å². The van der Waals surface area contributed by atoms with Crippen LogP contribution >= 0.6 is 0 Å². The average molecular weight is 226 g/mol. The van der Waals surface area contributed by atoms with Gasteiger partial charge in [-0.3, -0.25) is 0 Å². The standard InChI is InChI=1S/C16H19N/c1-17(2,13-15-9-5-3-6-10-15)14-16-11-7-4-8-12-16/h3-13H,14H2,1-2H3/i14+1. The molecule has 1 heteroatoms. The highest BCUT2D eigenvalue weighted by Crippen LogP contribution is 2.16. The normalized spacial score (nSPS) is 11.2. The van der Waals surface area contributed by atoms with Crippen molar-refractivity contribution in [1.29, 1.82) is 0 Å². The highest BCUT2D eigenvalue weighted by atomic mass is 15.4. The quantitative estimate of drug-likeness (QED) is 0.425. The monoisotopic (exact) mass is 226 g/mol. The molecule has 0 aromatic heterocycles. The van der Waals surface area contributed by atoms with E-state index in [0.29, 0.717) is 0 Å². The van der Waals surface area contributed by atoms with Gasteiger partial charge in [0.1, 0.15) is 0 Å². The lowest BCUT2D eigenvalue weighted by molar-refractivity contribution is -0.871. The fourth-order valence-corrected chi connectivity index (χ4v) is 2.04. The van der Waals surface area contributed by atoms with E-state index >= 15 is 0 Å². The van der Waals surface area contributed by atoms with Gasteiger partial charge in [0.25, 0.3) is 0 Å². The summed E-state index contributed by atoms with van der Waals surface area (Å²) in [4.78, 5) is 0. The minimum atomic E-state index is 0.855. The predicted molar refractivity (Wildman–Crippen MR) is 72.1 cm³/mol. The summed E-state index contributed by atoms with van der Waals surface area (Å²) in [6, 6.07) is 21.1. The zero-order valence-corrected chi connectivity index (χ0v) is 10.5. The van der Waals surface area contributed by atoms with Gasteiger partial charge in [0.2, 0.25) is 0 Å². The molecule has 0 aliphatic heterocycles. The molecule has 0 unspecified atom stereocenters. The van der Waals surface area contributed by atoms with Crippen LogP contribution in [0.2, 0.25) is 0 Å². The lowest BCUT2D eigenvalue weighted by Crippen LogP contribution is -2.36. The Kier molecular flexibility index (Phi) is 3.50. The molecule has 0 fully saturated rings. The first-order valence-electron chi connectivity index (χ1n) is 5.93. The lowest BCUT2D eigenvalue weighted by atomic mass is 10.2. The molecule has 0 spiro atoms. The largest absolute Gasteiger partial charge is 0.347 e. The number of hydrogen-bond donors (Lipinski definition) is 0. The molecule has 0 atom stereocenters. The van der Waals surface area contributed by atoms with Crippen molar-refractivity contribution in [3.8, 4) is 0 Å². The Morgan fingerprint density at radius 3 is 1.94 bits per heavy atom. The van der Waals surface area contributed by atoms with Crippen molar-refractivity contribution in [3.05, 3.63) is 78.3 Å². The van der Waals surface area contributed by atoms with Gasteiger partial charge in [-0.2, -0.15) is 12.1 Å². The van der Waals surface area contributed by atoms with E-state index in [4.69, 9.17) is 0 Å². The molecule has 2 aromatic carbocycles. The zero-order valence-electron chi connectivity index (χ0n) is 10.5. The van der Waals surface area contributed by atoms with Crippen LogP contribution in [0.1, 0.15) is 11.1 Å². The zero-order chi connectivity index (χ0) is 12.1. The van der Waals surface area contributed by atoms with Crippen LogP contribution in [0.3, 0.4) is 0 Å². The maximum atomic E-state index is 2.28. The van der Waals surface area contributed by atoms with Gasteiger partial charge in [0.15, 0.2) is 0 Å². The maximum Gasteiger partial charge on any atom is 0.0990 e. The molecule has 2 aromatic rings. The number of hydrogen-bond acceptors (Lipinski definition) is 0. The SMILES string of the molecule is C[N+](C)([CH-]c1ccccc1)[13CH2]c1ccccc1. The summed E-state index contributed by atoms with van der Waals surface area (Å²) in [5.74, 6) is 0. The highest BCUT2D eigenvalue weighted by Gasteiger charge is 2.12. The van der Waals surface area contributed by atoms with E-state index in [9.17, 15) is 0 Å². The smallest absolute Gasteiger partial charge is 0.0990 e. The third kappa shape index (κ3) is 3.65. The van der Waals surface area contributed by atoms with Crippen LogP contribution in [0.15, 0.2) is 60.7 Å². The second kappa shape index (κ2) is 5.07. The molecular formula is C16H19N. The summed E-state index contributed by atoms with van der Waals surface area (Å²) in [6.07, 6.45) is 0. The number of rotatable bonds is 4. The van der Waals surface area contributed by atoms with Crippen LogP contribution < -0.4 is 0 Å². The van der Waals surface area contributed by atoms with Gasteiger partial charge in [-0.1, -0.05) is 36.4 Å². The van der Waals surface area contributed by atoms with Gasteiger partial charge >= 0.3 is 0 Å². The van der Waals surface area contributed by atoms with Crippen molar-refractivity contribution in [2.75, 3.05) is 14.1 Å². The van der Waals surface area contributed by atoms with Crippen LogP contribution in [0, 0.1) is 6.54 Å². The Balaban J connectivity index is 2.04. The van der Waals surface area contributed by atoms with E-state index in [1.54, 1.807) is 0 Å². The number of nitrogens with zero attached hydrogens (tertiary/aromatic N) is 1. The fourth-order valence-electron chi connectivity index (χ4n) is 2.04. The van der Waals surface area contributed by atoms with Crippen molar-refractivity contribution in [1.82, 2.24) is 0 Å². The Hall–Kier alpha value is -1.73. The van der Waals surface area contributed by atoms with Gasteiger partial charge in [0, 0.05) is 5.56 Å². The fraction of sp³-hybridized carbons (Fsp3) is 0.188. The molecule has 1 nitrogen and oxygen atoms in total. The van der Waals surface area contributed by atoms with E-state index in [1.807, 2.05) is 0 Å².